The van der Waals surface area contributed by atoms with E-state index in [1.807, 2.05) is 13.2 Å². The summed E-state index contributed by atoms with van der Waals surface area (Å²) in [7, 11) is 0.0212. The molecule has 1 atom stereocenters. The van der Waals surface area contributed by atoms with Gasteiger partial charge < -0.3 is 10.2 Å². The Kier molecular flexibility index (Phi) is 5.93. The van der Waals surface area contributed by atoms with Crippen molar-refractivity contribution < 1.29 is 13.2 Å². The lowest BCUT2D eigenvalue weighted by Gasteiger charge is -2.34. The van der Waals surface area contributed by atoms with Crippen molar-refractivity contribution in [2.75, 3.05) is 20.1 Å². The fourth-order valence-corrected chi connectivity index (χ4v) is 4.64. The number of piperidine rings is 1. The summed E-state index contributed by atoms with van der Waals surface area (Å²) in [5.74, 6) is -0.0186. The maximum Gasteiger partial charge on any atom is 0.244 e. The molecule has 1 amide bonds. The van der Waals surface area contributed by atoms with Gasteiger partial charge in [0.2, 0.25) is 15.9 Å². The third kappa shape index (κ3) is 4.55. The third-order valence-electron chi connectivity index (χ3n) is 4.78. The number of likely N-dealkylation sites (tertiary alicyclic amines) is 1. The van der Waals surface area contributed by atoms with Crippen LogP contribution in [0, 0.1) is 0 Å². The number of hydrogen-bond acceptors (Lipinski definition) is 5. The summed E-state index contributed by atoms with van der Waals surface area (Å²) in [6, 6.07) is 7.71. The van der Waals surface area contributed by atoms with Crippen LogP contribution in [-0.4, -0.2) is 55.2 Å². The topological polar surface area (TPSA) is 96.3 Å². The van der Waals surface area contributed by atoms with E-state index in [1.165, 1.54) is 0 Å². The molecule has 1 aromatic carbocycles. The predicted octanol–water partition coefficient (Wildman–Crippen LogP) is 0.650. The minimum absolute atomic E-state index is 0.0186. The summed E-state index contributed by atoms with van der Waals surface area (Å²) < 4.78 is 29.3. The Balaban J connectivity index is 1.59. The lowest BCUT2D eigenvalue weighted by molar-refractivity contribution is -0.134. The van der Waals surface area contributed by atoms with Crippen LogP contribution in [0.15, 0.2) is 47.6 Å². The molecule has 146 valence electrons. The van der Waals surface area contributed by atoms with Crippen molar-refractivity contribution in [2.45, 2.75) is 29.8 Å². The van der Waals surface area contributed by atoms with Crippen molar-refractivity contribution in [3.05, 3.63) is 48.3 Å². The van der Waals surface area contributed by atoms with Gasteiger partial charge in [-0.1, -0.05) is 18.2 Å². The molecule has 2 aromatic rings. The first-order valence-electron chi connectivity index (χ1n) is 8.92. The predicted molar refractivity (Wildman–Crippen MR) is 101 cm³/mol. The first-order valence-corrected chi connectivity index (χ1v) is 10.4. The van der Waals surface area contributed by atoms with E-state index in [-0.39, 0.29) is 16.8 Å². The summed E-state index contributed by atoms with van der Waals surface area (Å²) >= 11 is 0. The Labute approximate surface area is 159 Å². The Bertz CT molecular complexity index is 873. The quantitative estimate of drug-likeness (QED) is 0.754. The highest BCUT2D eigenvalue weighted by molar-refractivity contribution is 7.89. The van der Waals surface area contributed by atoms with Crippen LogP contribution in [0.1, 0.15) is 24.4 Å². The van der Waals surface area contributed by atoms with Gasteiger partial charge in [0.05, 0.1) is 11.1 Å². The molecule has 27 heavy (non-hydrogen) atoms. The van der Waals surface area contributed by atoms with Crippen LogP contribution < -0.4 is 10.0 Å². The van der Waals surface area contributed by atoms with Crippen molar-refractivity contribution in [1.82, 2.24) is 24.7 Å². The van der Waals surface area contributed by atoms with Gasteiger partial charge >= 0.3 is 0 Å². The molecule has 8 nitrogen and oxygen atoms in total. The van der Waals surface area contributed by atoms with E-state index in [2.05, 4.69) is 15.1 Å². The number of likely N-dealkylation sites (N-methyl/N-ethyl adjacent to an activating group) is 1. The molecule has 0 aliphatic carbocycles. The number of benzene rings is 1. The second-order valence-electron chi connectivity index (χ2n) is 6.70. The van der Waals surface area contributed by atoms with Crippen LogP contribution in [0.25, 0.3) is 0 Å². The molecule has 1 saturated heterocycles. The van der Waals surface area contributed by atoms with Crippen LogP contribution >= 0.6 is 0 Å². The highest BCUT2D eigenvalue weighted by Gasteiger charge is 2.30. The molecule has 0 saturated carbocycles. The number of hydrogen-bond donors (Lipinski definition) is 2. The van der Waals surface area contributed by atoms with Crippen molar-refractivity contribution in [2.24, 2.45) is 7.05 Å². The van der Waals surface area contributed by atoms with Gasteiger partial charge in [0, 0.05) is 37.9 Å². The van der Waals surface area contributed by atoms with E-state index >= 15 is 0 Å². The summed E-state index contributed by atoms with van der Waals surface area (Å²) in [6.07, 6.45) is 4.67. The van der Waals surface area contributed by atoms with Crippen LogP contribution in [0.4, 0.5) is 0 Å². The summed E-state index contributed by atoms with van der Waals surface area (Å²) in [4.78, 5) is 14.9. The highest BCUT2D eigenvalue weighted by atomic mass is 32.2. The lowest BCUT2D eigenvalue weighted by Crippen LogP contribution is -2.49. The maximum absolute atomic E-state index is 12.8. The second-order valence-corrected chi connectivity index (χ2v) is 8.42. The lowest BCUT2D eigenvalue weighted by atomic mass is 10.0. The molecule has 9 heteroatoms. The van der Waals surface area contributed by atoms with Crippen molar-refractivity contribution in [1.29, 1.82) is 0 Å². The molecule has 1 aromatic heterocycles. The molecule has 2 N–H and O–H groups in total. The Hall–Kier alpha value is -2.23. The first kappa shape index (κ1) is 19.5. The summed E-state index contributed by atoms with van der Waals surface area (Å²) in [5, 5.41) is 7.17. The number of nitrogens with zero attached hydrogens (tertiary/aromatic N) is 3. The maximum atomic E-state index is 12.8. The Morgan fingerprint density at radius 3 is 2.44 bits per heavy atom. The molecule has 2 heterocycles. The van der Waals surface area contributed by atoms with Crippen LogP contribution in [0.2, 0.25) is 0 Å². The van der Waals surface area contributed by atoms with Gasteiger partial charge in [0.25, 0.3) is 0 Å². The average Bonchev–Trinajstić information content (AvgIpc) is 3.09. The number of aryl methyl sites for hydroxylation is 1. The highest BCUT2D eigenvalue weighted by Crippen LogP contribution is 2.20. The van der Waals surface area contributed by atoms with Gasteiger partial charge in [-0.05, 0) is 32.0 Å². The summed E-state index contributed by atoms with van der Waals surface area (Å²) in [6.45, 7) is 1.03. The first-order chi connectivity index (χ1) is 12.9. The number of aromatic nitrogens is 2. The molecule has 0 spiro atoms. The standard InChI is InChI=1S/C18H25N5O3S/c1-19-17(14-12-20-22(2)13-14)18(24)23-10-8-15(9-11-23)21-27(25,26)16-6-4-3-5-7-16/h3-7,12-13,15,17,19,21H,8-11H2,1-2H3. The molecule has 1 aliphatic heterocycles. The number of amides is 1. The van der Waals surface area contributed by atoms with Gasteiger partial charge in [-0.25, -0.2) is 13.1 Å². The minimum atomic E-state index is -3.54. The normalized spacial score (nSPS) is 17.0. The zero-order valence-electron chi connectivity index (χ0n) is 15.5. The number of carbonyl (C=O) groups excluding carboxylic acids is 1. The monoisotopic (exact) mass is 391 g/mol. The number of nitrogens with one attached hydrogen (secondary N) is 2. The van der Waals surface area contributed by atoms with E-state index in [0.717, 1.165) is 5.56 Å². The zero-order valence-corrected chi connectivity index (χ0v) is 16.3. The van der Waals surface area contributed by atoms with Crippen molar-refractivity contribution in [3.63, 3.8) is 0 Å². The van der Waals surface area contributed by atoms with Crippen LogP contribution in [0.3, 0.4) is 0 Å². The van der Waals surface area contributed by atoms with Gasteiger partial charge in [0.1, 0.15) is 6.04 Å². The third-order valence-corrected chi connectivity index (χ3v) is 6.31. The SMILES string of the molecule is CNC(C(=O)N1CCC(NS(=O)(=O)c2ccccc2)CC1)c1cnn(C)c1. The Morgan fingerprint density at radius 1 is 1.22 bits per heavy atom. The molecule has 0 radical (unpaired) electrons. The Morgan fingerprint density at radius 2 is 1.89 bits per heavy atom. The van der Waals surface area contributed by atoms with Crippen molar-refractivity contribution >= 4 is 15.9 Å². The number of rotatable bonds is 6. The van der Waals surface area contributed by atoms with Gasteiger partial charge in [-0.15, -0.1) is 0 Å². The number of sulfonamides is 1. The van der Waals surface area contributed by atoms with Gasteiger partial charge in [0.15, 0.2) is 0 Å². The molecule has 3 rings (SSSR count). The average molecular weight is 391 g/mol. The van der Waals surface area contributed by atoms with E-state index in [0.29, 0.717) is 25.9 Å². The molecule has 1 unspecified atom stereocenters. The van der Waals surface area contributed by atoms with E-state index in [1.54, 1.807) is 53.2 Å². The zero-order chi connectivity index (χ0) is 19.4. The smallest absolute Gasteiger partial charge is 0.244 e. The van der Waals surface area contributed by atoms with Crippen LogP contribution in [0.5, 0.6) is 0 Å². The second kappa shape index (κ2) is 8.20. The van der Waals surface area contributed by atoms with E-state index in [9.17, 15) is 13.2 Å². The fraction of sp³-hybridized carbons (Fsp3) is 0.444. The summed E-state index contributed by atoms with van der Waals surface area (Å²) in [5.41, 5.74) is 0.817. The van der Waals surface area contributed by atoms with E-state index in [4.69, 9.17) is 0 Å². The van der Waals surface area contributed by atoms with Gasteiger partial charge in [-0.3, -0.25) is 9.48 Å². The van der Waals surface area contributed by atoms with Crippen molar-refractivity contribution in [3.8, 4) is 0 Å². The molecular weight excluding hydrogens is 366 g/mol. The fourth-order valence-electron chi connectivity index (χ4n) is 3.31. The molecular formula is C18H25N5O3S. The largest absolute Gasteiger partial charge is 0.341 e. The molecule has 0 bridgehead atoms. The van der Waals surface area contributed by atoms with Crippen LogP contribution in [-0.2, 0) is 21.9 Å². The van der Waals surface area contributed by atoms with E-state index < -0.39 is 16.1 Å². The molecule has 1 aliphatic rings. The minimum Gasteiger partial charge on any atom is -0.341 e. The van der Waals surface area contributed by atoms with Gasteiger partial charge in [-0.2, -0.15) is 5.10 Å². The molecule has 1 fully saturated rings. The number of carbonyl (C=O) groups is 1.